The number of carbonyl (C=O) groups is 2. The van der Waals surface area contributed by atoms with E-state index in [1.54, 1.807) is 12.1 Å². The van der Waals surface area contributed by atoms with Crippen LogP contribution >= 0.6 is 0 Å². The first-order valence-electron chi connectivity index (χ1n) is 8.52. The van der Waals surface area contributed by atoms with Crippen LogP contribution in [0.25, 0.3) is 0 Å². The highest BCUT2D eigenvalue weighted by molar-refractivity contribution is 5.96. The molecule has 5 heteroatoms. The largest absolute Gasteiger partial charge is 0.480 e. The lowest BCUT2D eigenvalue weighted by molar-refractivity contribution is -0.138. The van der Waals surface area contributed by atoms with Gasteiger partial charge in [-0.05, 0) is 67.1 Å². The number of aryl methyl sites for hydroxylation is 1. The number of carboxylic acids is 1. The lowest BCUT2D eigenvalue weighted by Crippen LogP contribution is -2.38. The van der Waals surface area contributed by atoms with Crippen molar-refractivity contribution in [3.05, 3.63) is 64.7 Å². The number of fused-ring (bicyclic) bond motifs is 1. The monoisotopic (exact) mass is 338 g/mol. The summed E-state index contributed by atoms with van der Waals surface area (Å²) in [7, 11) is 0. The van der Waals surface area contributed by atoms with Gasteiger partial charge in [0.15, 0.2) is 0 Å². The van der Waals surface area contributed by atoms with Crippen molar-refractivity contribution in [3.63, 3.8) is 0 Å². The van der Waals surface area contributed by atoms with Crippen molar-refractivity contribution in [1.82, 2.24) is 5.32 Å². The minimum Gasteiger partial charge on any atom is -0.480 e. The highest BCUT2D eigenvalue weighted by Gasteiger charge is 2.16. The molecule has 1 unspecified atom stereocenters. The first-order chi connectivity index (χ1) is 12.0. The summed E-state index contributed by atoms with van der Waals surface area (Å²) in [6.45, 7) is 2.19. The zero-order valence-electron chi connectivity index (χ0n) is 14.2. The summed E-state index contributed by atoms with van der Waals surface area (Å²) in [5, 5.41) is 14.7. The molecule has 1 amide bonds. The van der Waals surface area contributed by atoms with E-state index in [0.717, 1.165) is 18.7 Å². The van der Waals surface area contributed by atoms with Gasteiger partial charge in [0.2, 0.25) is 0 Å². The molecule has 0 fully saturated rings. The van der Waals surface area contributed by atoms with E-state index in [0.29, 0.717) is 5.56 Å². The third-order valence-corrected chi connectivity index (χ3v) is 4.59. The van der Waals surface area contributed by atoms with E-state index in [2.05, 4.69) is 28.8 Å². The number of carbonyl (C=O) groups excluding carboxylic acids is 1. The highest BCUT2D eigenvalue weighted by Crippen LogP contribution is 2.25. The van der Waals surface area contributed by atoms with Crippen LogP contribution in [-0.2, 0) is 24.2 Å². The lowest BCUT2D eigenvalue weighted by atomic mass is 10.0. The fourth-order valence-electron chi connectivity index (χ4n) is 3.14. The average molecular weight is 338 g/mol. The Morgan fingerprint density at radius 1 is 1.12 bits per heavy atom. The average Bonchev–Trinajstić information content (AvgIpc) is 3.09. The van der Waals surface area contributed by atoms with Gasteiger partial charge in [-0.1, -0.05) is 18.2 Å². The molecule has 3 rings (SSSR count). The van der Waals surface area contributed by atoms with Gasteiger partial charge in [0.1, 0.15) is 6.04 Å². The molecule has 130 valence electrons. The molecular weight excluding hydrogens is 316 g/mol. The van der Waals surface area contributed by atoms with Gasteiger partial charge in [-0.3, -0.25) is 9.59 Å². The molecule has 2 aromatic rings. The zero-order valence-corrected chi connectivity index (χ0v) is 14.2. The Hall–Kier alpha value is -2.82. The molecule has 3 N–H and O–H groups in total. The van der Waals surface area contributed by atoms with Crippen LogP contribution in [0.1, 0.15) is 40.4 Å². The van der Waals surface area contributed by atoms with Crippen molar-refractivity contribution in [2.24, 2.45) is 0 Å². The van der Waals surface area contributed by atoms with Crippen molar-refractivity contribution in [2.45, 2.75) is 38.8 Å². The number of benzene rings is 2. The molecule has 1 atom stereocenters. The van der Waals surface area contributed by atoms with Gasteiger partial charge in [0, 0.05) is 17.8 Å². The Kier molecular flexibility index (Phi) is 5.03. The summed E-state index contributed by atoms with van der Waals surface area (Å²) >= 11 is 0. The summed E-state index contributed by atoms with van der Waals surface area (Å²) in [6.07, 6.45) is 3.54. The quantitative estimate of drug-likeness (QED) is 0.756. The molecule has 0 radical (unpaired) electrons. The topological polar surface area (TPSA) is 78.4 Å². The predicted molar refractivity (Wildman–Crippen MR) is 96.8 cm³/mol. The number of rotatable bonds is 6. The number of carboxylic acid groups (broad SMARTS) is 1. The fraction of sp³-hybridized carbons (Fsp3) is 0.300. The third-order valence-electron chi connectivity index (χ3n) is 4.59. The molecule has 0 heterocycles. The molecule has 0 spiro atoms. The smallest absolute Gasteiger partial charge is 0.325 e. The Bertz CT molecular complexity index is 784. The highest BCUT2D eigenvalue weighted by atomic mass is 16.4. The van der Waals surface area contributed by atoms with Crippen LogP contribution in [0, 0.1) is 0 Å². The summed E-state index contributed by atoms with van der Waals surface area (Å²) in [6, 6.07) is 12.6. The molecule has 2 aromatic carbocycles. The second-order valence-corrected chi connectivity index (χ2v) is 6.37. The Labute approximate surface area is 147 Å². The van der Waals surface area contributed by atoms with E-state index in [9.17, 15) is 9.59 Å². The summed E-state index contributed by atoms with van der Waals surface area (Å²) < 4.78 is 0. The van der Waals surface area contributed by atoms with Gasteiger partial charge in [-0.25, -0.2) is 0 Å². The minimum absolute atomic E-state index is 0.387. The van der Waals surface area contributed by atoms with E-state index >= 15 is 0 Å². The molecule has 0 saturated heterocycles. The molecule has 5 nitrogen and oxygen atoms in total. The SMILES string of the molecule is CC(NC(=O)c1ccc(NCc2cccc3c2CCC3)cc1)C(=O)O. The molecule has 0 bridgehead atoms. The molecular formula is C20H22N2O3. The lowest BCUT2D eigenvalue weighted by Gasteiger charge is -2.12. The number of nitrogens with one attached hydrogen (secondary N) is 2. The fourth-order valence-corrected chi connectivity index (χ4v) is 3.14. The molecule has 0 saturated carbocycles. The van der Waals surface area contributed by atoms with Crippen LogP contribution in [0.4, 0.5) is 5.69 Å². The third kappa shape index (κ3) is 3.99. The minimum atomic E-state index is -1.05. The van der Waals surface area contributed by atoms with Gasteiger partial charge >= 0.3 is 5.97 Å². The second-order valence-electron chi connectivity index (χ2n) is 6.37. The molecule has 0 aromatic heterocycles. The van der Waals surface area contributed by atoms with Gasteiger partial charge in [0.25, 0.3) is 5.91 Å². The van der Waals surface area contributed by atoms with Gasteiger partial charge in [-0.15, -0.1) is 0 Å². The van der Waals surface area contributed by atoms with Crippen molar-refractivity contribution in [2.75, 3.05) is 5.32 Å². The Morgan fingerprint density at radius 2 is 1.88 bits per heavy atom. The number of aliphatic carboxylic acids is 1. The van der Waals surface area contributed by atoms with Crippen LogP contribution in [0.5, 0.6) is 0 Å². The molecule has 1 aliphatic carbocycles. The maximum atomic E-state index is 12.0. The summed E-state index contributed by atoms with van der Waals surface area (Å²) in [4.78, 5) is 22.8. The summed E-state index contributed by atoms with van der Waals surface area (Å²) in [5.74, 6) is -1.44. The van der Waals surface area contributed by atoms with Crippen molar-refractivity contribution in [1.29, 1.82) is 0 Å². The maximum absolute atomic E-state index is 12.0. The van der Waals surface area contributed by atoms with E-state index in [4.69, 9.17) is 5.11 Å². The Balaban J connectivity index is 1.61. The predicted octanol–water partition coefficient (Wildman–Crippen LogP) is 2.99. The van der Waals surface area contributed by atoms with E-state index in [-0.39, 0.29) is 5.91 Å². The number of anilines is 1. The first kappa shape index (κ1) is 17.0. The Morgan fingerprint density at radius 3 is 2.60 bits per heavy atom. The maximum Gasteiger partial charge on any atom is 0.325 e. The van der Waals surface area contributed by atoms with Gasteiger partial charge in [-0.2, -0.15) is 0 Å². The normalized spacial score (nSPS) is 13.8. The van der Waals surface area contributed by atoms with Gasteiger partial charge < -0.3 is 15.7 Å². The summed E-state index contributed by atoms with van der Waals surface area (Å²) in [5.41, 5.74) is 5.62. The van der Waals surface area contributed by atoms with Crippen molar-refractivity contribution in [3.8, 4) is 0 Å². The number of amides is 1. The molecule has 1 aliphatic rings. The van der Waals surface area contributed by atoms with E-state index in [1.807, 2.05) is 12.1 Å². The second kappa shape index (κ2) is 7.38. The van der Waals surface area contributed by atoms with Gasteiger partial charge in [0.05, 0.1) is 0 Å². The molecule has 0 aliphatic heterocycles. The zero-order chi connectivity index (χ0) is 17.8. The van der Waals surface area contributed by atoms with Crippen molar-refractivity contribution < 1.29 is 14.7 Å². The van der Waals surface area contributed by atoms with Crippen LogP contribution in [0.2, 0.25) is 0 Å². The number of hydrogen-bond donors (Lipinski definition) is 3. The number of hydrogen-bond acceptors (Lipinski definition) is 3. The standard InChI is InChI=1S/C20H22N2O3/c1-13(20(24)25)22-19(23)15-8-10-17(11-9-15)21-12-16-6-2-4-14-5-3-7-18(14)16/h2,4,6,8-11,13,21H,3,5,7,12H2,1H3,(H,22,23)(H,24,25). The van der Waals surface area contributed by atoms with Crippen LogP contribution in [0.3, 0.4) is 0 Å². The van der Waals surface area contributed by atoms with Crippen molar-refractivity contribution >= 4 is 17.6 Å². The van der Waals surface area contributed by atoms with E-state index < -0.39 is 12.0 Å². The van der Waals surface area contributed by atoms with E-state index in [1.165, 1.54) is 36.5 Å². The van der Waals surface area contributed by atoms with Crippen LogP contribution in [0.15, 0.2) is 42.5 Å². The first-order valence-corrected chi connectivity index (χ1v) is 8.52. The molecule has 25 heavy (non-hydrogen) atoms. The van der Waals surface area contributed by atoms with Crippen LogP contribution < -0.4 is 10.6 Å². The van der Waals surface area contributed by atoms with Crippen LogP contribution in [-0.4, -0.2) is 23.0 Å².